The molecule has 1 N–H and O–H groups in total. The zero-order valence-corrected chi connectivity index (χ0v) is 17.7. The molecular weight excluding hydrogens is 400 g/mol. The summed E-state index contributed by atoms with van der Waals surface area (Å²) in [5.41, 5.74) is 6.39. The number of H-pyrrole nitrogens is 1. The van der Waals surface area contributed by atoms with Crippen molar-refractivity contribution in [2.45, 2.75) is 27.7 Å². The Bertz CT molecular complexity index is 871. The van der Waals surface area contributed by atoms with Crippen LogP contribution < -0.4 is 0 Å². The minimum Gasteiger partial charge on any atom is -0.351 e. The minimum atomic E-state index is 1.23. The van der Waals surface area contributed by atoms with Crippen molar-refractivity contribution in [3.63, 3.8) is 0 Å². The second kappa shape index (κ2) is 10.5. The molecule has 0 aliphatic heterocycles. The number of aryl methyl sites for hydroxylation is 4. The zero-order valence-electron chi connectivity index (χ0n) is 16.1. The number of hydrogen-bond acceptors (Lipinski definition) is 2. The molecule has 0 saturated carbocycles. The molecule has 0 aliphatic carbocycles. The van der Waals surface area contributed by atoms with Crippen LogP contribution >= 0.6 is 15.9 Å². The third-order valence-corrected chi connectivity index (χ3v) is 5.24. The third kappa shape index (κ3) is 6.22. The number of nitrogens with one attached hydrogen (secondary N) is 1. The normalized spacial score (nSPS) is 9.67. The fraction of sp³-hybridized carbons (Fsp3) is 0.182. The standard InChI is InChI=1S/C11H12N2.C8H9Br.C3H4N2/c1-9-4-3-5-10(2)11(9)13-7-6-12-8-13;1-6-4-3-5-7(2)8(6)9;1-2-5-3-4-1/h3-8H,1-2H3;3-5H,1-2H3;1-3H,(H,4,5). The van der Waals surface area contributed by atoms with Crippen LogP contribution in [0.3, 0.4) is 0 Å². The highest BCUT2D eigenvalue weighted by Crippen LogP contribution is 2.19. The summed E-state index contributed by atoms with van der Waals surface area (Å²) in [7, 11) is 0. The molecule has 0 fully saturated rings. The number of para-hydroxylation sites is 1. The Balaban J connectivity index is 0.000000161. The van der Waals surface area contributed by atoms with Gasteiger partial charge in [-0.25, -0.2) is 9.97 Å². The number of rotatable bonds is 1. The van der Waals surface area contributed by atoms with Crippen molar-refractivity contribution in [2.75, 3.05) is 0 Å². The van der Waals surface area contributed by atoms with E-state index < -0.39 is 0 Å². The van der Waals surface area contributed by atoms with Gasteiger partial charge in [0, 0.05) is 29.3 Å². The summed E-state index contributed by atoms with van der Waals surface area (Å²) in [6, 6.07) is 12.6. The Morgan fingerprint density at radius 3 is 1.78 bits per heavy atom. The molecule has 4 aromatic rings. The predicted octanol–water partition coefficient (Wildman–Crippen LogP) is 5.96. The van der Waals surface area contributed by atoms with Crippen molar-refractivity contribution in [1.29, 1.82) is 0 Å². The SMILES string of the molecule is Cc1cccc(C)c1-n1ccnc1.Cc1cccc(C)c1Br.c1c[nH]cn1. The molecule has 0 saturated heterocycles. The van der Waals surface area contributed by atoms with E-state index in [9.17, 15) is 0 Å². The van der Waals surface area contributed by atoms with Crippen LogP contribution in [0.15, 0.2) is 78.3 Å². The van der Waals surface area contributed by atoms with E-state index in [1.54, 1.807) is 24.9 Å². The van der Waals surface area contributed by atoms with Crippen molar-refractivity contribution in [3.8, 4) is 5.69 Å². The monoisotopic (exact) mass is 424 g/mol. The lowest BCUT2D eigenvalue weighted by Gasteiger charge is -2.09. The van der Waals surface area contributed by atoms with Crippen LogP contribution in [0, 0.1) is 27.7 Å². The number of halogens is 1. The molecule has 5 heteroatoms. The van der Waals surface area contributed by atoms with Crippen molar-refractivity contribution in [2.24, 2.45) is 0 Å². The van der Waals surface area contributed by atoms with Crippen LogP contribution in [0.2, 0.25) is 0 Å². The fourth-order valence-corrected chi connectivity index (χ4v) is 2.88. The smallest absolute Gasteiger partial charge is 0.0991 e. The summed E-state index contributed by atoms with van der Waals surface area (Å²) in [5.74, 6) is 0. The molecule has 2 aromatic carbocycles. The van der Waals surface area contributed by atoms with Gasteiger partial charge in [-0.1, -0.05) is 52.3 Å². The van der Waals surface area contributed by atoms with E-state index in [0.29, 0.717) is 0 Å². The Morgan fingerprint density at radius 1 is 0.815 bits per heavy atom. The molecule has 0 amide bonds. The summed E-state index contributed by atoms with van der Waals surface area (Å²) in [4.78, 5) is 10.5. The molecule has 2 aromatic heterocycles. The lowest BCUT2D eigenvalue weighted by Crippen LogP contribution is -1.96. The molecule has 140 valence electrons. The van der Waals surface area contributed by atoms with Crippen LogP contribution in [-0.2, 0) is 0 Å². The van der Waals surface area contributed by atoms with E-state index >= 15 is 0 Å². The molecule has 0 spiro atoms. The van der Waals surface area contributed by atoms with Crippen LogP contribution in [0.25, 0.3) is 5.69 Å². The van der Waals surface area contributed by atoms with Crippen molar-refractivity contribution >= 4 is 15.9 Å². The van der Waals surface area contributed by atoms with Crippen LogP contribution in [0.5, 0.6) is 0 Å². The fourth-order valence-electron chi connectivity index (χ4n) is 2.61. The Kier molecular flexibility index (Phi) is 8.01. The molecule has 0 bridgehead atoms. The van der Waals surface area contributed by atoms with E-state index in [4.69, 9.17) is 0 Å². The maximum absolute atomic E-state index is 4.04. The van der Waals surface area contributed by atoms with Crippen molar-refractivity contribution in [1.82, 2.24) is 19.5 Å². The number of aromatic amines is 1. The highest BCUT2D eigenvalue weighted by molar-refractivity contribution is 9.10. The second-order valence-corrected chi connectivity index (χ2v) is 6.97. The Morgan fingerprint density at radius 2 is 1.41 bits per heavy atom. The molecule has 0 unspecified atom stereocenters. The average molecular weight is 425 g/mol. The largest absolute Gasteiger partial charge is 0.351 e. The number of nitrogens with zero attached hydrogens (tertiary/aromatic N) is 3. The average Bonchev–Trinajstić information content (AvgIpc) is 3.36. The van der Waals surface area contributed by atoms with E-state index in [1.165, 1.54) is 32.4 Å². The second-order valence-electron chi connectivity index (χ2n) is 6.18. The topological polar surface area (TPSA) is 46.5 Å². The van der Waals surface area contributed by atoms with Crippen LogP contribution in [0.4, 0.5) is 0 Å². The molecule has 0 aliphatic rings. The molecule has 4 rings (SSSR count). The molecule has 2 heterocycles. The maximum Gasteiger partial charge on any atom is 0.0991 e. The minimum absolute atomic E-state index is 1.23. The number of hydrogen-bond donors (Lipinski definition) is 1. The highest BCUT2D eigenvalue weighted by atomic mass is 79.9. The van der Waals surface area contributed by atoms with Crippen LogP contribution in [0.1, 0.15) is 22.3 Å². The van der Waals surface area contributed by atoms with E-state index in [0.717, 1.165) is 0 Å². The molecule has 27 heavy (non-hydrogen) atoms. The predicted molar refractivity (Wildman–Crippen MR) is 115 cm³/mol. The zero-order chi connectivity index (χ0) is 19.6. The summed E-state index contributed by atoms with van der Waals surface area (Å²) in [6.45, 7) is 8.42. The summed E-state index contributed by atoms with van der Waals surface area (Å²) in [5, 5.41) is 0. The van der Waals surface area contributed by atoms with Gasteiger partial charge >= 0.3 is 0 Å². The van der Waals surface area contributed by atoms with E-state index in [-0.39, 0.29) is 0 Å². The van der Waals surface area contributed by atoms with Gasteiger partial charge in [0.15, 0.2) is 0 Å². The first kappa shape index (κ1) is 20.6. The Labute approximate surface area is 169 Å². The van der Waals surface area contributed by atoms with Crippen molar-refractivity contribution < 1.29 is 0 Å². The Hall–Kier alpha value is -2.66. The first-order valence-corrected chi connectivity index (χ1v) is 9.49. The van der Waals surface area contributed by atoms with Crippen molar-refractivity contribution in [3.05, 3.63) is 101 Å². The number of benzene rings is 2. The highest BCUT2D eigenvalue weighted by Gasteiger charge is 2.02. The van der Waals surface area contributed by atoms with Crippen LogP contribution in [-0.4, -0.2) is 19.5 Å². The quantitative estimate of drug-likeness (QED) is 0.409. The number of aromatic nitrogens is 4. The van der Waals surface area contributed by atoms with Gasteiger partial charge in [0.2, 0.25) is 0 Å². The third-order valence-electron chi connectivity index (χ3n) is 3.99. The summed E-state index contributed by atoms with van der Waals surface area (Å²) in [6.07, 6.45) is 10.7. The summed E-state index contributed by atoms with van der Waals surface area (Å²) < 4.78 is 3.27. The van der Waals surface area contributed by atoms with Gasteiger partial charge in [0.05, 0.1) is 18.3 Å². The molecule has 0 atom stereocenters. The van der Waals surface area contributed by atoms with Gasteiger partial charge < -0.3 is 9.55 Å². The lowest BCUT2D eigenvalue weighted by atomic mass is 10.1. The molecular formula is C22H25BrN4. The van der Waals surface area contributed by atoms with Gasteiger partial charge in [-0.3, -0.25) is 0 Å². The first-order chi connectivity index (χ1) is 13.0. The molecule has 4 nitrogen and oxygen atoms in total. The molecule has 0 radical (unpaired) electrons. The maximum atomic E-state index is 4.04. The van der Waals surface area contributed by atoms with Gasteiger partial charge in [-0.2, -0.15) is 0 Å². The van der Waals surface area contributed by atoms with E-state index in [1.807, 2.05) is 17.1 Å². The van der Waals surface area contributed by atoms with Gasteiger partial charge in [-0.15, -0.1) is 0 Å². The first-order valence-electron chi connectivity index (χ1n) is 8.69. The van der Waals surface area contributed by atoms with Gasteiger partial charge in [-0.05, 0) is 49.9 Å². The number of imidazole rings is 2. The lowest BCUT2D eigenvalue weighted by molar-refractivity contribution is 1.02. The van der Waals surface area contributed by atoms with E-state index in [2.05, 4.69) is 95.0 Å². The van der Waals surface area contributed by atoms with Gasteiger partial charge in [0.1, 0.15) is 0 Å². The van der Waals surface area contributed by atoms with Gasteiger partial charge in [0.25, 0.3) is 0 Å². The summed E-state index contributed by atoms with van der Waals surface area (Å²) >= 11 is 3.48.